The second-order valence-corrected chi connectivity index (χ2v) is 5.13. The number of alkyl halides is 1. The largest absolute Gasteiger partial charge is 0.497 e. The molecule has 110 valence electrons. The molecule has 1 amide bonds. The molecule has 0 spiro atoms. The number of hydrogen-bond donors (Lipinski definition) is 0. The van der Waals surface area contributed by atoms with E-state index in [9.17, 15) is 4.79 Å². The third-order valence-electron chi connectivity index (χ3n) is 3.26. The van der Waals surface area contributed by atoms with Gasteiger partial charge in [0.25, 0.3) is 5.91 Å². The van der Waals surface area contributed by atoms with Crippen LogP contribution in [0.2, 0.25) is 0 Å². The van der Waals surface area contributed by atoms with Gasteiger partial charge >= 0.3 is 0 Å². The Morgan fingerprint density at radius 3 is 2.55 bits per heavy atom. The quantitative estimate of drug-likeness (QED) is 0.784. The number of morpholine rings is 1. The Balaban J connectivity index is 2.27. The van der Waals surface area contributed by atoms with Crippen LogP contribution < -0.4 is 9.47 Å². The van der Waals surface area contributed by atoms with Crippen molar-refractivity contribution >= 4 is 21.8 Å². The SMILES string of the molecule is COc1cc(OC)cc(C(=O)N2CCOCC2CBr)c1. The zero-order valence-corrected chi connectivity index (χ0v) is 13.2. The highest BCUT2D eigenvalue weighted by Gasteiger charge is 2.27. The van der Waals surface area contributed by atoms with E-state index < -0.39 is 0 Å². The number of methoxy groups -OCH3 is 2. The Kier molecular flexibility index (Phi) is 5.25. The number of nitrogens with zero attached hydrogens (tertiary/aromatic N) is 1. The third kappa shape index (κ3) is 3.24. The average Bonchev–Trinajstić information content (AvgIpc) is 2.53. The summed E-state index contributed by atoms with van der Waals surface area (Å²) < 4.78 is 15.8. The Bertz CT molecular complexity index is 458. The summed E-state index contributed by atoms with van der Waals surface area (Å²) in [6.07, 6.45) is 0. The van der Waals surface area contributed by atoms with Gasteiger partial charge in [-0.25, -0.2) is 0 Å². The molecule has 1 unspecified atom stereocenters. The molecular weight excluding hydrogens is 326 g/mol. The van der Waals surface area contributed by atoms with Gasteiger partial charge in [-0.05, 0) is 12.1 Å². The van der Waals surface area contributed by atoms with Crippen molar-refractivity contribution in [1.29, 1.82) is 0 Å². The van der Waals surface area contributed by atoms with Crippen molar-refractivity contribution in [3.05, 3.63) is 23.8 Å². The molecule has 0 aromatic heterocycles. The molecule has 0 saturated carbocycles. The Morgan fingerprint density at radius 1 is 1.35 bits per heavy atom. The van der Waals surface area contributed by atoms with E-state index in [1.807, 2.05) is 4.90 Å². The smallest absolute Gasteiger partial charge is 0.254 e. The van der Waals surface area contributed by atoms with Crippen LogP contribution >= 0.6 is 15.9 Å². The number of rotatable bonds is 4. The van der Waals surface area contributed by atoms with E-state index in [1.165, 1.54) is 0 Å². The van der Waals surface area contributed by atoms with Crippen molar-refractivity contribution < 1.29 is 19.0 Å². The van der Waals surface area contributed by atoms with Crippen molar-refractivity contribution in [3.63, 3.8) is 0 Å². The van der Waals surface area contributed by atoms with E-state index in [4.69, 9.17) is 14.2 Å². The molecule has 1 aliphatic heterocycles. The summed E-state index contributed by atoms with van der Waals surface area (Å²) in [6.45, 7) is 1.71. The van der Waals surface area contributed by atoms with Crippen molar-refractivity contribution in [2.45, 2.75) is 6.04 Å². The molecule has 1 saturated heterocycles. The van der Waals surface area contributed by atoms with Gasteiger partial charge in [-0.15, -0.1) is 0 Å². The number of ether oxygens (including phenoxy) is 3. The van der Waals surface area contributed by atoms with Gasteiger partial charge < -0.3 is 19.1 Å². The first-order valence-corrected chi connectivity index (χ1v) is 7.49. The molecule has 2 rings (SSSR count). The van der Waals surface area contributed by atoms with Crippen LogP contribution in [0.3, 0.4) is 0 Å². The lowest BCUT2D eigenvalue weighted by atomic mass is 10.1. The molecule has 0 aliphatic carbocycles. The van der Waals surface area contributed by atoms with Gasteiger partial charge in [0.05, 0.1) is 33.5 Å². The molecule has 1 heterocycles. The van der Waals surface area contributed by atoms with Gasteiger partial charge in [0, 0.05) is 23.5 Å². The van der Waals surface area contributed by atoms with Crippen molar-refractivity contribution in [3.8, 4) is 11.5 Å². The molecule has 1 aromatic rings. The van der Waals surface area contributed by atoms with Gasteiger partial charge in [0.2, 0.25) is 0 Å². The normalized spacial score (nSPS) is 18.8. The summed E-state index contributed by atoms with van der Waals surface area (Å²) in [5, 5.41) is 0.694. The van der Waals surface area contributed by atoms with Crippen LogP contribution in [-0.4, -0.2) is 56.2 Å². The number of halogens is 1. The second-order valence-electron chi connectivity index (χ2n) is 4.48. The highest BCUT2D eigenvalue weighted by molar-refractivity contribution is 9.09. The van der Waals surface area contributed by atoms with Crippen LogP contribution in [0, 0.1) is 0 Å². The van der Waals surface area contributed by atoms with Crippen LogP contribution in [0.15, 0.2) is 18.2 Å². The van der Waals surface area contributed by atoms with Gasteiger partial charge in [-0.2, -0.15) is 0 Å². The summed E-state index contributed by atoms with van der Waals surface area (Å²) in [4.78, 5) is 14.5. The zero-order valence-electron chi connectivity index (χ0n) is 11.6. The van der Waals surface area contributed by atoms with Crippen LogP contribution in [0.1, 0.15) is 10.4 Å². The first-order valence-electron chi connectivity index (χ1n) is 6.37. The van der Waals surface area contributed by atoms with Gasteiger partial charge in [-0.3, -0.25) is 4.79 Å². The highest BCUT2D eigenvalue weighted by atomic mass is 79.9. The molecule has 6 heteroatoms. The maximum atomic E-state index is 12.6. The number of benzene rings is 1. The molecule has 5 nitrogen and oxygen atoms in total. The Labute approximate surface area is 126 Å². The minimum absolute atomic E-state index is 0.0325. The van der Waals surface area contributed by atoms with Gasteiger partial charge in [0.1, 0.15) is 11.5 Å². The predicted octanol–water partition coefficient (Wildman–Crippen LogP) is 1.94. The standard InChI is InChI=1S/C14H18BrNO4/c1-18-12-5-10(6-13(7-12)19-2)14(17)16-3-4-20-9-11(16)8-15/h5-7,11H,3-4,8-9H2,1-2H3. The number of carbonyl (C=O) groups is 1. The average molecular weight is 344 g/mol. The van der Waals surface area contributed by atoms with E-state index >= 15 is 0 Å². The first kappa shape index (κ1) is 15.1. The second kappa shape index (κ2) is 6.95. The fourth-order valence-electron chi connectivity index (χ4n) is 2.15. The van der Waals surface area contributed by atoms with Crippen LogP contribution in [-0.2, 0) is 4.74 Å². The molecule has 0 radical (unpaired) electrons. The number of amides is 1. The molecule has 20 heavy (non-hydrogen) atoms. The summed E-state index contributed by atoms with van der Waals surface area (Å²) in [5.74, 6) is 1.18. The Morgan fingerprint density at radius 2 is 2.00 bits per heavy atom. The molecule has 1 atom stereocenters. The lowest BCUT2D eigenvalue weighted by molar-refractivity contribution is 0.00522. The van der Waals surface area contributed by atoms with E-state index in [-0.39, 0.29) is 11.9 Å². The molecule has 1 aromatic carbocycles. The minimum atomic E-state index is -0.0325. The van der Waals surface area contributed by atoms with Crippen molar-refractivity contribution in [2.24, 2.45) is 0 Å². The highest BCUT2D eigenvalue weighted by Crippen LogP contribution is 2.24. The number of hydrogen-bond acceptors (Lipinski definition) is 4. The number of carbonyl (C=O) groups excluding carboxylic acids is 1. The fraction of sp³-hybridized carbons (Fsp3) is 0.500. The molecule has 1 aliphatic rings. The Hall–Kier alpha value is -1.27. The predicted molar refractivity (Wildman–Crippen MR) is 79.0 cm³/mol. The van der Waals surface area contributed by atoms with Crippen LogP contribution in [0.4, 0.5) is 0 Å². The molecule has 0 bridgehead atoms. The molecular formula is C14H18BrNO4. The summed E-state index contributed by atoms with van der Waals surface area (Å²) >= 11 is 3.43. The first-order chi connectivity index (χ1) is 9.69. The fourth-order valence-corrected chi connectivity index (χ4v) is 2.68. The molecule has 1 fully saturated rings. The maximum Gasteiger partial charge on any atom is 0.254 e. The zero-order chi connectivity index (χ0) is 14.5. The maximum absolute atomic E-state index is 12.6. The minimum Gasteiger partial charge on any atom is -0.497 e. The van der Waals surface area contributed by atoms with Crippen molar-refractivity contribution in [1.82, 2.24) is 4.90 Å². The van der Waals surface area contributed by atoms with E-state index in [0.717, 1.165) is 0 Å². The van der Waals surface area contributed by atoms with E-state index in [1.54, 1.807) is 32.4 Å². The monoisotopic (exact) mass is 343 g/mol. The summed E-state index contributed by atoms with van der Waals surface area (Å²) in [6, 6.07) is 5.25. The van der Waals surface area contributed by atoms with Gasteiger partial charge in [0.15, 0.2) is 0 Å². The lowest BCUT2D eigenvalue weighted by Crippen LogP contribution is -2.49. The molecule has 0 N–H and O–H groups in total. The summed E-state index contributed by atoms with van der Waals surface area (Å²) in [5.41, 5.74) is 0.564. The van der Waals surface area contributed by atoms with E-state index in [0.29, 0.717) is 42.2 Å². The van der Waals surface area contributed by atoms with Crippen molar-refractivity contribution in [2.75, 3.05) is 39.3 Å². The summed E-state index contributed by atoms with van der Waals surface area (Å²) in [7, 11) is 3.14. The lowest BCUT2D eigenvalue weighted by Gasteiger charge is -2.34. The third-order valence-corrected chi connectivity index (χ3v) is 4.01. The topological polar surface area (TPSA) is 48.0 Å². The van der Waals surface area contributed by atoms with Crippen LogP contribution in [0.5, 0.6) is 11.5 Å². The van der Waals surface area contributed by atoms with E-state index in [2.05, 4.69) is 15.9 Å². The van der Waals surface area contributed by atoms with Crippen LogP contribution in [0.25, 0.3) is 0 Å². The van der Waals surface area contributed by atoms with Gasteiger partial charge in [-0.1, -0.05) is 15.9 Å².